The number of rotatable bonds is 4. The standard InChI is InChI=1S/C21H31NO3/c1-21-8-7-16-15-4-3-14(23)10-17(15)13(11-22-12-25-2)9-18(16)19(21)5-6-20(21)24/h3-4,10,13,16,18-20,22-24H,5-9,11-12H2,1-2H3. The molecule has 2 fully saturated rings. The topological polar surface area (TPSA) is 61.7 Å². The molecule has 4 rings (SSSR count). The van der Waals surface area contributed by atoms with E-state index in [1.807, 2.05) is 12.1 Å². The van der Waals surface area contributed by atoms with E-state index in [1.54, 1.807) is 7.11 Å². The zero-order valence-corrected chi connectivity index (χ0v) is 15.4. The van der Waals surface area contributed by atoms with E-state index < -0.39 is 0 Å². The fraction of sp³-hybridized carbons (Fsp3) is 0.714. The van der Waals surface area contributed by atoms with Gasteiger partial charge in [0.15, 0.2) is 0 Å². The molecule has 0 bridgehead atoms. The Morgan fingerprint density at radius 3 is 2.88 bits per heavy atom. The minimum Gasteiger partial charge on any atom is -0.508 e. The number of aliphatic hydroxyl groups is 1. The third kappa shape index (κ3) is 2.79. The predicted octanol–water partition coefficient (Wildman–Crippen LogP) is 3.34. The van der Waals surface area contributed by atoms with E-state index in [9.17, 15) is 10.2 Å². The van der Waals surface area contributed by atoms with Gasteiger partial charge in [-0.1, -0.05) is 13.0 Å². The van der Waals surface area contributed by atoms with E-state index in [-0.39, 0.29) is 11.5 Å². The summed E-state index contributed by atoms with van der Waals surface area (Å²) in [5.74, 6) is 2.61. The summed E-state index contributed by atoms with van der Waals surface area (Å²) in [7, 11) is 1.70. The van der Waals surface area contributed by atoms with Gasteiger partial charge >= 0.3 is 0 Å². The first-order valence-corrected chi connectivity index (χ1v) is 9.75. The summed E-state index contributed by atoms with van der Waals surface area (Å²) in [6.45, 7) is 3.74. The van der Waals surface area contributed by atoms with Crippen LogP contribution in [0.25, 0.3) is 0 Å². The molecule has 0 spiro atoms. The van der Waals surface area contributed by atoms with Gasteiger partial charge in [0, 0.05) is 13.7 Å². The summed E-state index contributed by atoms with van der Waals surface area (Å²) in [6.07, 6.45) is 5.40. The third-order valence-corrected chi connectivity index (χ3v) is 7.49. The highest BCUT2D eigenvalue weighted by Gasteiger charge is 2.55. The number of hydrogen-bond acceptors (Lipinski definition) is 4. The molecule has 138 valence electrons. The van der Waals surface area contributed by atoms with Gasteiger partial charge in [-0.25, -0.2) is 0 Å². The van der Waals surface area contributed by atoms with E-state index in [2.05, 4.69) is 18.3 Å². The Kier molecular flexibility index (Phi) is 4.55. The molecule has 0 heterocycles. The molecule has 4 heteroatoms. The van der Waals surface area contributed by atoms with Crippen LogP contribution < -0.4 is 5.32 Å². The quantitative estimate of drug-likeness (QED) is 0.578. The second-order valence-electron chi connectivity index (χ2n) is 8.65. The number of aliphatic hydroxyl groups excluding tert-OH is 1. The van der Waals surface area contributed by atoms with Crippen molar-refractivity contribution in [3.8, 4) is 5.75 Å². The van der Waals surface area contributed by atoms with Crippen molar-refractivity contribution in [2.45, 2.75) is 57.0 Å². The van der Waals surface area contributed by atoms with E-state index >= 15 is 0 Å². The molecule has 3 aliphatic rings. The summed E-state index contributed by atoms with van der Waals surface area (Å²) in [5, 5.41) is 24.0. The van der Waals surface area contributed by atoms with Gasteiger partial charge in [0.1, 0.15) is 5.75 Å². The molecule has 0 amide bonds. The highest BCUT2D eigenvalue weighted by atomic mass is 16.5. The number of methoxy groups -OCH3 is 1. The van der Waals surface area contributed by atoms with E-state index in [0.717, 1.165) is 38.6 Å². The Hall–Kier alpha value is -1.10. The van der Waals surface area contributed by atoms with Crippen LogP contribution in [0.1, 0.15) is 62.0 Å². The van der Waals surface area contributed by atoms with Crippen molar-refractivity contribution in [2.24, 2.45) is 17.3 Å². The maximum Gasteiger partial charge on any atom is 0.115 e. The first-order valence-electron chi connectivity index (χ1n) is 9.75. The van der Waals surface area contributed by atoms with Crippen LogP contribution in [-0.2, 0) is 4.74 Å². The highest BCUT2D eigenvalue weighted by Crippen LogP contribution is 2.62. The van der Waals surface area contributed by atoms with Crippen molar-refractivity contribution < 1.29 is 14.9 Å². The van der Waals surface area contributed by atoms with Crippen LogP contribution in [0.4, 0.5) is 0 Å². The van der Waals surface area contributed by atoms with Crippen molar-refractivity contribution in [3.05, 3.63) is 29.3 Å². The SMILES string of the molecule is COCNCC1CC2C(CCC3(C)C(O)CCC23)c2ccc(O)cc21. The van der Waals surface area contributed by atoms with Crippen LogP contribution in [0, 0.1) is 17.3 Å². The lowest BCUT2D eigenvalue weighted by Gasteiger charge is -2.51. The van der Waals surface area contributed by atoms with Crippen LogP contribution in [0.3, 0.4) is 0 Å². The maximum absolute atomic E-state index is 10.6. The van der Waals surface area contributed by atoms with Gasteiger partial charge in [0.05, 0.1) is 12.8 Å². The molecule has 0 aromatic heterocycles. The van der Waals surface area contributed by atoms with Crippen molar-refractivity contribution in [3.63, 3.8) is 0 Å². The second kappa shape index (κ2) is 6.57. The molecular formula is C21H31NO3. The summed E-state index contributed by atoms with van der Waals surface area (Å²) < 4.78 is 5.16. The molecule has 6 unspecified atom stereocenters. The molecule has 3 aliphatic carbocycles. The van der Waals surface area contributed by atoms with E-state index in [4.69, 9.17) is 4.74 Å². The van der Waals surface area contributed by atoms with Crippen molar-refractivity contribution in [2.75, 3.05) is 20.4 Å². The molecule has 0 aliphatic heterocycles. The van der Waals surface area contributed by atoms with Crippen LogP contribution in [-0.4, -0.2) is 36.7 Å². The Labute approximate surface area is 150 Å². The average molecular weight is 345 g/mol. The first-order chi connectivity index (χ1) is 12.0. The molecule has 0 saturated heterocycles. The second-order valence-corrected chi connectivity index (χ2v) is 8.65. The van der Waals surface area contributed by atoms with Crippen molar-refractivity contribution in [1.82, 2.24) is 5.32 Å². The molecule has 1 aromatic carbocycles. The van der Waals surface area contributed by atoms with Crippen LogP contribution in [0.5, 0.6) is 5.75 Å². The third-order valence-electron chi connectivity index (χ3n) is 7.49. The number of aromatic hydroxyl groups is 1. The van der Waals surface area contributed by atoms with Gasteiger partial charge < -0.3 is 14.9 Å². The van der Waals surface area contributed by atoms with Crippen LogP contribution in [0.15, 0.2) is 18.2 Å². The lowest BCUT2D eigenvalue weighted by atomic mass is 9.54. The number of fused-ring (bicyclic) bond motifs is 5. The fourth-order valence-corrected chi connectivity index (χ4v) is 6.21. The zero-order chi connectivity index (χ0) is 17.6. The van der Waals surface area contributed by atoms with Gasteiger partial charge in [0.25, 0.3) is 0 Å². The minimum atomic E-state index is -0.135. The monoisotopic (exact) mass is 345 g/mol. The van der Waals surface area contributed by atoms with Crippen LogP contribution >= 0.6 is 0 Å². The Balaban J connectivity index is 1.67. The number of phenols is 1. The molecule has 4 nitrogen and oxygen atoms in total. The van der Waals surface area contributed by atoms with Gasteiger partial charge in [-0.2, -0.15) is 0 Å². The fourth-order valence-electron chi connectivity index (χ4n) is 6.21. The Morgan fingerprint density at radius 1 is 1.24 bits per heavy atom. The number of ether oxygens (including phenoxy) is 1. The summed E-state index contributed by atoms with van der Waals surface area (Å²) in [4.78, 5) is 0. The van der Waals surface area contributed by atoms with Crippen molar-refractivity contribution >= 4 is 0 Å². The van der Waals surface area contributed by atoms with Gasteiger partial charge in [-0.15, -0.1) is 0 Å². The number of benzene rings is 1. The average Bonchev–Trinajstić information content (AvgIpc) is 2.90. The van der Waals surface area contributed by atoms with Crippen LogP contribution in [0.2, 0.25) is 0 Å². The van der Waals surface area contributed by atoms with Crippen molar-refractivity contribution in [1.29, 1.82) is 0 Å². The normalized spacial score (nSPS) is 39.6. The smallest absolute Gasteiger partial charge is 0.115 e. The van der Waals surface area contributed by atoms with Gasteiger partial charge in [0.2, 0.25) is 0 Å². The molecule has 2 saturated carbocycles. The summed E-state index contributed by atoms with van der Waals surface area (Å²) >= 11 is 0. The Bertz CT molecular complexity index is 634. The van der Waals surface area contributed by atoms with Gasteiger partial charge in [-0.05, 0) is 84.5 Å². The lowest BCUT2D eigenvalue weighted by Crippen LogP contribution is -2.45. The molecule has 3 N–H and O–H groups in total. The first kappa shape index (κ1) is 17.3. The molecule has 25 heavy (non-hydrogen) atoms. The van der Waals surface area contributed by atoms with E-state index in [1.165, 1.54) is 11.1 Å². The lowest BCUT2D eigenvalue weighted by molar-refractivity contribution is -0.0251. The molecular weight excluding hydrogens is 314 g/mol. The molecule has 6 atom stereocenters. The van der Waals surface area contributed by atoms with E-state index in [0.29, 0.717) is 36.2 Å². The largest absolute Gasteiger partial charge is 0.508 e. The minimum absolute atomic E-state index is 0.0973. The Morgan fingerprint density at radius 2 is 2.08 bits per heavy atom. The number of nitrogens with one attached hydrogen (secondary N) is 1. The number of hydrogen-bond donors (Lipinski definition) is 3. The van der Waals surface area contributed by atoms with Gasteiger partial charge in [-0.3, -0.25) is 5.32 Å². The summed E-state index contributed by atoms with van der Waals surface area (Å²) in [5.41, 5.74) is 2.84. The molecule has 1 aromatic rings. The summed E-state index contributed by atoms with van der Waals surface area (Å²) in [6, 6.07) is 5.97. The predicted molar refractivity (Wildman–Crippen MR) is 97.6 cm³/mol. The zero-order valence-electron chi connectivity index (χ0n) is 15.4. The molecule has 0 radical (unpaired) electrons. The highest BCUT2D eigenvalue weighted by molar-refractivity contribution is 5.42. The maximum atomic E-state index is 10.6. The number of phenolic OH excluding ortho intramolecular Hbond substituents is 1.